The molecule has 0 spiro atoms. The molecule has 152 valence electrons. The average Bonchev–Trinajstić information content (AvgIpc) is 2.68. The summed E-state index contributed by atoms with van der Waals surface area (Å²) in [5.74, 6) is 1.61. The molecule has 0 atom stereocenters. The van der Waals surface area contributed by atoms with Crippen molar-refractivity contribution in [3.8, 4) is 11.5 Å². The van der Waals surface area contributed by atoms with Crippen LogP contribution in [0.25, 0.3) is 0 Å². The van der Waals surface area contributed by atoms with Gasteiger partial charge in [-0.2, -0.15) is 0 Å². The Morgan fingerprint density at radius 1 is 1.00 bits per heavy atom. The highest BCUT2D eigenvalue weighted by molar-refractivity contribution is 5.75. The number of carbonyl (C=O) groups is 1. The molecule has 0 aliphatic rings. The first kappa shape index (κ1) is 21.8. The Kier molecular flexibility index (Phi) is 7.50. The Morgan fingerprint density at radius 2 is 1.68 bits per heavy atom. The van der Waals surface area contributed by atoms with Crippen LogP contribution in [0.15, 0.2) is 36.4 Å². The summed E-state index contributed by atoms with van der Waals surface area (Å²) in [6, 6.07) is 12.2. The largest absolute Gasteiger partial charge is 0.493 e. The van der Waals surface area contributed by atoms with Crippen LogP contribution < -0.4 is 9.47 Å². The molecule has 0 heterocycles. The van der Waals surface area contributed by atoms with Crippen molar-refractivity contribution in [2.24, 2.45) is 5.41 Å². The molecule has 2 aromatic rings. The maximum Gasteiger partial charge on any atom is 0.311 e. The molecule has 0 aromatic heterocycles. The van der Waals surface area contributed by atoms with Gasteiger partial charge in [0.1, 0.15) is 18.1 Å². The van der Waals surface area contributed by atoms with Crippen LogP contribution in [-0.2, 0) is 16.1 Å². The van der Waals surface area contributed by atoms with Gasteiger partial charge in [-0.15, -0.1) is 0 Å². The van der Waals surface area contributed by atoms with Crippen LogP contribution in [0.2, 0.25) is 0 Å². The third kappa shape index (κ3) is 5.51. The fourth-order valence-electron chi connectivity index (χ4n) is 3.20. The van der Waals surface area contributed by atoms with E-state index in [0.717, 1.165) is 46.6 Å². The number of methoxy groups -OCH3 is 1. The van der Waals surface area contributed by atoms with E-state index in [0.29, 0.717) is 13.2 Å². The molecule has 0 aliphatic heterocycles. The molecule has 0 bridgehead atoms. The van der Waals surface area contributed by atoms with Gasteiger partial charge in [0.25, 0.3) is 0 Å². The summed E-state index contributed by atoms with van der Waals surface area (Å²) >= 11 is 0. The van der Waals surface area contributed by atoms with Crippen molar-refractivity contribution in [3.05, 3.63) is 58.7 Å². The Hall–Kier alpha value is -2.49. The monoisotopic (exact) mass is 384 g/mol. The lowest BCUT2D eigenvalue weighted by Crippen LogP contribution is -2.26. The SMILES string of the molecule is COC(=O)C(C)(C)CCCOc1cc(C)c(OCc2ccccc2)c(C)c1C. The number of esters is 1. The second-order valence-corrected chi connectivity index (χ2v) is 7.87. The third-order valence-electron chi connectivity index (χ3n) is 5.15. The summed E-state index contributed by atoms with van der Waals surface area (Å²) in [5, 5.41) is 0. The summed E-state index contributed by atoms with van der Waals surface area (Å²) in [5.41, 5.74) is 3.90. The van der Waals surface area contributed by atoms with Gasteiger partial charge < -0.3 is 14.2 Å². The van der Waals surface area contributed by atoms with E-state index in [1.165, 1.54) is 7.11 Å². The van der Waals surface area contributed by atoms with Crippen LogP contribution >= 0.6 is 0 Å². The molecule has 0 N–H and O–H groups in total. The minimum absolute atomic E-state index is 0.185. The second-order valence-electron chi connectivity index (χ2n) is 7.87. The highest BCUT2D eigenvalue weighted by Crippen LogP contribution is 2.34. The lowest BCUT2D eigenvalue weighted by molar-refractivity contribution is -0.151. The van der Waals surface area contributed by atoms with Gasteiger partial charge in [0, 0.05) is 0 Å². The minimum Gasteiger partial charge on any atom is -0.493 e. The lowest BCUT2D eigenvalue weighted by atomic mass is 9.88. The number of aryl methyl sites for hydroxylation is 1. The summed E-state index contributed by atoms with van der Waals surface area (Å²) in [6.45, 7) is 11.1. The van der Waals surface area contributed by atoms with E-state index < -0.39 is 5.41 Å². The first-order valence-electron chi connectivity index (χ1n) is 9.75. The first-order valence-corrected chi connectivity index (χ1v) is 9.75. The number of carbonyl (C=O) groups excluding carboxylic acids is 1. The van der Waals surface area contributed by atoms with Crippen molar-refractivity contribution in [1.82, 2.24) is 0 Å². The van der Waals surface area contributed by atoms with Crippen molar-refractivity contribution in [1.29, 1.82) is 0 Å². The van der Waals surface area contributed by atoms with Crippen LogP contribution in [0.1, 0.15) is 48.9 Å². The van der Waals surface area contributed by atoms with Crippen LogP contribution in [0.3, 0.4) is 0 Å². The quantitative estimate of drug-likeness (QED) is 0.420. The van der Waals surface area contributed by atoms with Crippen LogP contribution in [0.4, 0.5) is 0 Å². The predicted octanol–water partition coefficient (Wildman–Crippen LogP) is 5.55. The molecule has 0 radical (unpaired) electrons. The number of hydrogen-bond donors (Lipinski definition) is 0. The number of rotatable bonds is 9. The van der Waals surface area contributed by atoms with Crippen molar-refractivity contribution < 1.29 is 19.0 Å². The van der Waals surface area contributed by atoms with Gasteiger partial charge in [0.2, 0.25) is 0 Å². The number of hydrogen-bond acceptors (Lipinski definition) is 4. The van der Waals surface area contributed by atoms with E-state index in [-0.39, 0.29) is 5.97 Å². The maximum absolute atomic E-state index is 11.8. The molecule has 2 rings (SSSR count). The topological polar surface area (TPSA) is 44.8 Å². The van der Waals surface area contributed by atoms with Gasteiger partial charge >= 0.3 is 5.97 Å². The van der Waals surface area contributed by atoms with E-state index in [9.17, 15) is 4.79 Å². The average molecular weight is 385 g/mol. The maximum atomic E-state index is 11.8. The summed E-state index contributed by atoms with van der Waals surface area (Å²) in [6.07, 6.45) is 1.50. The molecule has 4 heteroatoms. The molecular formula is C24H32O4. The Balaban J connectivity index is 1.98. The van der Waals surface area contributed by atoms with Gasteiger partial charge in [-0.25, -0.2) is 0 Å². The van der Waals surface area contributed by atoms with E-state index in [1.807, 2.05) is 45.0 Å². The highest BCUT2D eigenvalue weighted by atomic mass is 16.5. The lowest BCUT2D eigenvalue weighted by Gasteiger charge is -2.22. The minimum atomic E-state index is -0.492. The van der Waals surface area contributed by atoms with E-state index in [2.05, 4.69) is 26.0 Å². The van der Waals surface area contributed by atoms with Gasteiger partial charge in [0.05, 0.1) is 19.1 Å². The van der Waals surface area contributed by atoms with Gasteiger partial charge in [-0.1, -0.05) is 30.3 Å². The van der Waals surface area contributed by atoms with Gasteiger partial charge in [-0.3, -0.25) is 4.79 Å². The molecule has 4 nitrogen and oxygen atoms in total. The van der Waals surface area contributed by atoms with Crippen LogP contribution in [0.5, 0.6) is 11.5 Å². The second kappa shape index (κ2) is 9.63. The zero-order chi connectivity index (χ0) is 20.7. The zero-order valence-electron chi connectivity index (χ0n) is 17.9. The van der Waals surface area contributed by atoms with E-state index >= 15 is 0 Å². The highest BCUT2D eigenvalue weighted by Gasteiger charge is 2.28. The molecule has 0 amide bonds. The Labute approximate surface area is 168 Å². The molecule has 0 fully saturated rings. The van der Waals surface area contributed by atoms with Crippen molar-refractivity contribution in [3.63, 3.8) is 0 Å². The smallest absolute Gasteiger partial charge is 0.311 e. The predicted molar refractivity (Wildman–Crippen MR) is 112 cm³/mol. The van der Waals surface area contributed by atoms with Crippen molar-refractivity contribution >= 4 is 5.97 Å². The third-order valence-corrected chi connectivity index (χ3v) is 5.15. The summed E-state index contributed by atoms with van der Waals surface area (Å²) in [7, 11) is 1.43. The number of ether oxygens (including phenoxy) is 3. The fourth-order valence-corrected chi connectivity index (χ4v) is 3.20. The Morgan fingerprint density at radius 3 is 2.32 bits per heavy atom. The summed E-state index contributed by atoms with van der Waals surface area (Å²) < 4.78 is 17.0. The molecule has 2 aromatic carbocycles. The first-order chi connectivity index (χ1) is 13.3. The zero-order valence-corrected chi connectivity index (χ0v) is 17.9. The summed E-state index contributed by atoms with van der Waals surface area (Å²) in [4.78, 5) is 11.8. The van der Waals surface area contributed by atoms with E-state index in [1.54, 1.807) is 0 Å². The molecule has 0 unspecified atom stereocenters. The van der Waals surface area contributed by atoms with Crippen molar-refractivity contribution in [2.45, 2.75) is 54.1 Å². The van der Waals surface area contributed by atoms with Crippen molar-refractivity contribution in [2.75, 3.05) is 13.7 Å². The molecular weight excluding hydrogens is 352 g/mol. The van der Waals surface area contributed by atoms with Crippen LogP contribution in [0, 0.1) is 26.2 Å². The standard InChI is InChI=1S/C24H32O4/c1-17-15-21(27-14-10-13-24(4,5)23(25)26-6)18(2)19(3)22(17)28-16-20-11-8-7-9-12-20/h7-9,11-12,15H,10,13-14,16H2,1-6H3. The molecule has 0 saturated carbocycles. The van der Waals surface area contributed by atoms with Gasteiger partial charge in [-0.05, 0) is 75.8 Å². The number of benzene rings is 2. The van der Waals surface area contributed by atoms with E-state index in [4.69, 9.17) is 14.2 Å². The molecule has 28 heavy (non-hydrogen) atoms. The molecule has 0 aliphatic carbocycles. The van der Waals surface area contributed by atoms with Gasteiger partial charge in [0.15, 0.2) is 0 Å². The normalized spacial score (nSPS) is 11.2. The van der Waals surface area contributed by atoms with Crippen LogP contribution in [-0.4, -0.2) is 19.7 Å². The Bertz CT molecular complexity index is 794. The molecule has 0 saturated heterocycles. The fraction of sp³-hybridized carbons (Fsp3) is 0.458.